The second kappa shape index (κ2) is 9.21. The van der Waals surface area contributed by atoms with E-state index in [4.69, 9.17) is 0 Å². The predicted octanol–water partition coefficient (Wildman–Crippen LogP) is 2.65. The van der Waals surface area contributed by atoms with Crippen molar-refractivity contribution in [2.75, 3.05) is 24.3 Å². The van der Waals surface area contributed by atoms with Crippen molar-refractivity contribution in [3.63, 3.8) is 0 Å². The molecular weight excluding hydrogens is 382 g/mol. The highest BCUT2D eigenvalue weighted by atomic mass is 32.2. The molecule has 0 unspecified atom stereocenters. The monoisotopic (exact) mass is 411 g/mol. The molecule has 2 aromatic rings. The van der Waals surface area contributed by atoms with Crippen LogP contribution in [0.3, 0.4) is 0 Å². The van der Waals surface area contributed by atoms with E-state index in [-0.39, 0.29) is 11.3 Å². The molecule has 27 heavy (non-hydrogen) atoms. The summed E-state index contributed by atoms with van der Waals surface area (Å²) in [5.74, 6) is 0.437. The first-order valence-corrected chi connectivity index (χ1v) is 12.2. The summed E-state index contributed by atoms with van der Waals surface area (Å²) in [6, 6.07) is 8.03. The van der Waals surface area contributed by atoms with E-state index in [0.717, 1.165) is 6.54 Å². The number of hydrogen-bond acceptors (Lipinski definition) is 6. The van der Waals surface area contributed by atoms with Crippen LogP contribution in [0.5, 0.6) is 0 Å². The third-order valence-corrected chi connectivity index (χ3v) is 6.60. The summed E-state index contributed by atoms with van der Waals surface area (Å²) in [6.45, 7) is 9.82. The summed E-state index contributed by atoms with van der Waals surface area (Å²) in [6.07, 6.45) is 1.22. The van der Waals surface area contributed by atoms with Gasteiger partial charge in [-0.05, 0) is 39.8 Å². The Balaban J connectivity index is 2.37. The maximum Gasteiger partial charge on any atom is 0.262 e. The molecule has 1 heterocycles. The molecule has 0 radical (unpaired) electrons. The van der Waals surface area contributed by atoms with Crippen LogP contribution in [0.25, 0.3) is 10.9 Å². The quantitative estimate of drug-likeness (QED) is 0.467. The van der Waals surface area contributed by atoms with Gasteiger partial charge in [0.1, 0.15) is 9.84 Å². The van der Waals surface area contributed by atoms with Crippen LogP contribution in [0.4, 0.5) is 0 Å². The highest BCUT2D eigenvalue weighted by molar-refractivity contribution is 8.00. The molecule has 0 fully saturated rings. The summed E-state index contributed by atoms with van der Waals surface area (Å²) < 4.78 is 24.6. The minimum Gasteiger partial charge on any atom is -0.297 e. The molecule has 0 saturated heterocycles. The topological polar surface area (TPSA) is 72.3 Å². The lowest BCUT2D eigenvalue weighted by molar-refractivity contribution is 0.166. The van der Waals surface area contributed by atoms with Crippen molar-refractivity contribution in [3.05, 3.63) is 34.6 Å². The Kier molecular flexibility index (Phi) is 7.47. The number of para-hydroxylation sites is 1. The van der Waals surface area contributed by atoms with Crippen LogP contribution in [0.15, 0.2) is 34.2 Å². The molecule has 0 N–H and O–H groups in total. The van der Waals surface area contributed by atoms with Crippen molar-refractivity contribution in [1.82, 2.24) is 14.5 Å². The van der Waals surface area contributed by atoms with Crippen LogP contribution in [-0.2, 0) is 16.4 Å². The Morgan fingerprint density at radius 1 is 1.15 bits per heavy atom. The van der Waals surface area contributed by atoms with Crippen LogP contribution in [-0.4, -0.2) is 59.3 Å². The Morgan fingerprint density at radius 3 is 2.37 bits per heavy atom. The molecule has 0 aliphatic heterocycles. The third kappa shape index (κ3) is 6.05. The Bertz CT molecular complexity index is 929. The smallest absolute Gasteiger partial charge is 0.262 e. The predicted molar refractivity (Wildman–Crippen MR) is 113 cm³/mol. The molecule has 0 aliphatic rings. The Hall–Kier alpha value is -1.38. The lowest BCUT2D eigenvalue weighted by atomic mass is 10.2. The summed E-state index contributed by atoms with van der Waals surface area (Å²) in [4.78, 5) is 20.0. The molecule has 0 amide bonds. The number of fused-ring (bicyclic) bond motifs is 1. The molecule has 150 valence electrons. The number of nitrogens with zero attached hydrogens (tertiary/aromatic N) is 3. The van der Waals surface area contributed by atoms with Crippen LogP contribution in [0.2, 0.25) is 0 Å². The summed E-state index contributed by atoms with van der Waals surface area (Å²) in [5.41, 5.74) is 0.570. The van der Waals surface area contributed by atoms with Crippen molar-refractivity contribution < 1.29 is 8.42 Å². The average Bonchev–Trinajstić information content (AvgIpc) is 2.55. The number of rotatable bonds is 9. The third-order valence-electron chi connectivity index (χ3n) is 4.42. The van der Waals surface area contributed by atoms with Gasteiger partial charge >= 0.3 is 0 Å². The van der Waals surface area contributed by atoms with E-state index in [1.54, 1.807) is 10.6 Å². The minimum absolute atomic E-state index is 0.0600. The zero-order chi connectivity index (χ0) is 20.2. The summed E-state index contributed by atoms with van der Waals surface area (Å²) in [5, 5.41) is 1.17. The van der Waals surface area contributed by atoms with Gasteiger partial charge in [-0.2, -0.15) is 0 Å². The van der Waals surface area contributed by atoms with Gasteiger partial charge in [0.05, 0.1) is 16.7 Å². The standard InChI is InChI=1S/C19H29N3O3S2/c1-14(2)21(15(3)4)10-11-22-18(23)16-8-6-7-9-17(16)20-19(22)26-12-13-27(5,24)25/h6-9,14-15H,10-13H2,1-5H3. The lowest BCUT2D eigenvalue weighted by Gasteiger charge is -2.30. The molecule has 1 aromatic heterocycles. The molecule has 0 bridgehead atoms. The SMILES string of the molecule is CC(C)N(CCn1c(SCCS(C)(=O)=O)nc2ccccc2c1=O)C(C)C. The van der Waals surface area contributed by atoms with E-state index in [1.165, 1.54) is 18.0 Å². The first kappa shape index (κ1) is 21.9. The minimum atomic E-state index is -3.05. The molecule has 2 rings (SSSR count). The summed E-state index contributed by atoms with van der Waals surface area (Å²) in [7, 11) is -3.05. The number of thioether (sulfide) groups is 1. The van der Waals surface area contributed by atoms with Gasteiger partial charge in [0.25, 0.3) is 5.56 Å². The molecule has 0 spiro atoms. The Labute approximate surface area is 165 Å². The number of hydrogen-bond donors (Lipinski definition) is 0. The second-order valence-corrected chi connectivity index (χ2v) is 10.6. The van der Waals surface area contributed by atoms with Crippen LogP contribution < -0.4 is 5.56 Å². The maximum absolute atomic E-state index is 13.0. The molecule has 0 atom stereocenters. The van der Waals surface area contributed by atoms with E-state index >= 15 is 0 Å². The number of sulfone groups is 1. The van der Waals surface area contributed by atoms with Crippen LogP contribution in [0.1, 0.15) is 27.7 Å². The van der Waals surface area contributed by atoms with Gasteiger partial charge in [-0.3, -0.25) is 14.3 Å². The zero-order valence-electron chi connectivity index (χ0n) is 16.7. The molecule has 6 nitrogen and oxygen atoms in total. The number of aromatic nitrogens is 2. The van der Waals surface area contributed by atoms with E-state index in [1.807, 2.05) is 18.2 Å². The number of benzene rings is 1. The van der Waals surface area contributed by atoms with Gasteiger partial charge in [0.2, 0.25) is 0 Å². The van der Waals surface area contributed by atoms with Gasteiger partial charge in [-0.25, -0.2) is 13.4 Å². The maximum atomic E-state index is 13.0. The largest absolute Gasteiger partial charge is 0.297 e. The van der Waals surface area contributed by atoms with Crippen molar-refractivity contribution in [3.8, 4) is 0 Å². The van der Waals surface area contributed by atoms with E-state index < -0.39 is 9.84 Å². The average molecular weight is 412 g/mol. The first-order chi connectivity index (χ1) is 12.6. The van der Waals surface area contributed by atoms with Crippen molar-refractivity contribution in [2.45, 2.75) is 51.5 Å². The lowest BCUT2D eigenvalue weighted by Crippen LogP contribution is -2.40. The molecule has 1 aromatic carbocycles. The first-order valence-electron chi connectivity index (χ1n) is 9.16. The van der Waals surface area contributed by atoms with Crippen molar-refractivity contribution in [1.29, 1.82) is 0 Å². The van der Waals surface area contributed by atoms with Crippen molar-refractivity contribution >= 4 is 32.5 Å². The summed E-state index contributed by atoms with van der Waals surface area (Å²) >= 11 is 1.33. The second-order valence-electron chi connectivity index (χ2n) is 7.27. The van der Waals surface area contributed by atoms with Crippen LogP contribution in [0, 0.1) is 0 Å². The molecule has 0 saturated carbocycles. The van der Waals surface area contributed by atoms with Gasteiger partial charge in [-0.1, -0.05) is 23.9 Å². The molecule has 8 heteroatoms. The van der Waals surface area contributed by atoms with Crippen LogP contribution >= 0.6 is 11.8 Å². The zero-order valence-corrected chi connectivity index (χ0v) is 18.3. The van der Waals surface area contributed by atoms with E-state index in [0.29, 0.717) is 40.4 Å². The fourth-order valence-electron chi connectivity index (χ4n) is 3.07. The van der Waals surface area contributed by atoms with Gasteiger partial charge in [0.15, 0.2) is 5.16 Å². The molecular formula is C19H29N3O3S2. The van der Waals surface area contributed by atoms with Gasteiger partial charge < -0.3 is 0 Å². The molecule has 0 aliphatic carbocycles. The fourth-order valence-corrected chi connectivity index (χ4v) is 5.29. The highest BCUT2D eigenvalue weighted by Gasteiger charge is 2.17. The highest BCUT2D eigenvalue weighted by Crippen LogP contribution is 2.18. The fraction of sp³-hybridized carbons (Fsp3) is 0.579. The van der Waals surface area contributed by atoms with Gasteiger partial charge in [0, 0.05) is 37.2 Å². The van der Waals surface area contributed by atoms with Gasteiger partial charge in [-0.15, -0.1) is 0 Å². The van der Waals surface area contributed by atoms with Crippen molar-refractivity contribution in [2.24, 2.45) is 0 Å². The van der Waals surface area contributed by atoms with E-state index in [9.17, 15) is 13.2 Å². The normalized spacial score (nSPS) is 12.6. The Morgan fingerprint density at radius 2 is 1.78 bits per heavy atom. The van der Waals surface area contributed by atoms with E-state index in [2.05, 4.69) is 37.6 Å².